The van der Waals surface area contributed by atoms with Crippen LogP contribution in [0.1, 0.15) is 29.8 Å². The third-order valence-electron chi connectivity index (χ3n) is 5.04. The molecule has 2 aromatic carbocycles. The summed E-state index contributed by atoms with van der Waals surface area (Å²) in [6.07, 6.45) is 5.31. The maximum Gasteiger partial charge on any atom is 0.280 e. The van der Waals surface area contributed by atoms with Crippen LogP contribution < -0.4 is 15.0 Å². The third kappa shape index (κ3) is 4.22. The predicted molar refractivity (Wildman–Crippen MR) is 116 cm³/mol. The molecule has 1 N–H and O–H groups in total. The fourth-order valence-corrected chi connectivity index (χ4v) is 3.84. The molecule has 1 fully saturated rings. The van der Waals surface area contributed by atoms with Gasteiger partial charge in [-0.15, -0.1) is 0 Å². The number of carbonyl (C=O) groups is 1. The van der Waals surface area contributed by atoms with Crippen molar-refractivity contribution in [2.45, 2.75) is 19.3 Å². The minimum atomic E-state index is -0.349. The van der Waals surface area contributed by atoms with E-state index in [1.54, 1.807) is 16.9 Å². The summed E-state index contributed by atoms with van der Waals surface area (Å²) in [5.41, 5.74) is 2.69. The lowest BCUT2D eigenvalue weighted by molar-refractivity contribution is 0.101. The minimum absolute atomic E-state index is 0.215. The molecule has 1 aliphatic rings. The molecule has 1 amide bonds. The highest BCUT2D eigenvalue weighted by Crippen LogP contribution is 2.31. The Morgan fingerprint density at radius 3 is 2.55 bits per heavy atom. The molecule has 7 heteroatoms. The smallest absolute Gasteiger partial charge is 0.280 e. The number of carbonyl (C=O) groups excluding carboxylic acids is 1. The van der Waals surface area contributed by atoms with Crippen molar-refractivity contribution in [3.63, 3.8) is 0 Å². The van der Waals surface area contributed by atoms with Crippen LogP contribution in [0.25, 0.3) is 5.69 Å². The average Bonchev–Trinajstić information content (AvgIpc) is 3.20. The van der Waals surface area contributed by atoms with Gasteiger partial charge in [0.25, 0.3) is 5.91 Å². The lowest BCUT2D eigenvalue weighted by Gasteiger charge is -2.29. The summed E-state index contributed by atoms with van der Waals surface area (Å²) in [5.74, 6) is 0.0562. The van der Waals surface area contributed by atoms with Crippen molar-refractivity contribution in [3.05, 3.63) is 65.4 Å². The van der Waals surface area contributed by atoms with Crippen LogP contribution in [0.5, 0.6) is 5.75 Å². The molecule has 150 valence electrons. The van der Waals surface area contributed by atoms with Crippen LogP contribution >= 0.6 is 11.6 Å². The van der Waals surface area contributed by atoms with Crippen LogP contribution in [0.2, 0.25) is 5.02 Å². The maximum absolute atomic E-state index is 12.8. The Balaban J connectivity index is 1.53. The molecule has 3 aromatic rings. The number of aromatic nitrogens is 2. The molecule has 2 heterocycles. The first-order valence-electron chi connectivity index (χ1n) is 9.70. The molecule has 4 rings (SSSR count). The van der Waals surface area contributed by atoms with E-state index in [0.29, 0.717) is 16.5 Å². The highest BCUT2D eigenvalue weighted by Gasteiger charge is 2.20. The number of rotatable bonds is 5. The topological polar surface area (TPSA) is 59.4 Å². The van der Waals surface area contributed by atoms with Crippen LogP contribution in [-0.4, -0.2) is 35.9 Å². The summed E-state index contributed by atoms with van der Waals surface area (Å²) >= 11 is 6.50. The Labute approximate surface area is 175 Å². The Morgan fingerprint density at radius 2 is 1.86 bits per heavy atom. The number of hydrogen-bond acceptors (Lipinski definition) is 4. The number of para-hydroxylation sites is 1. The third-order valence-corrected chi connectivity index (χ3v) is 5.34. The number of benzene rings is 2. The number of nitrogens with zero attached hydrogens (tertiary/aromatic N) is 3. The summed E-state index contributed by atoms with van der Waals surface area (Å²) in [5, 5.41) is 7.90. The zero-order valence-electron chi connectivity index (χ0n) is 16.3. The van der Waals surface area contributed by atoms with Crippen LogP contribution in [0.15, 0.2) is 54.7 Å². The second-order valence-corrected chi connectivity index (χ2v) is 7.40. The van der Waals surface area contributed by atoms with Crippen molar-refractivity contribution in [2.24, 2.45) is 0 Å². The lowest BCUT2D eigenvalue weighted by atomic mass is 10.1. The molecule has 0 bridgehead atoms. The summed E-state index contributed by atoms with van der Waals surface area (Å²) in [4.78, 5) is 15.1. The summed E-state index contributed by atoms with van der Waals surface area (Å²) in [7, 11) is 1.52. The molecule has 0 unspecified atom stereocenters. The molecule has 1 saturated heterocycles. The van der Waals surface area contributed by atoms with E-state index in [-0.39, 0.29) is 11.6 Å². The van der Waals surface area contributed by atoms with Crippen LogP contribution in [0.4, 0.5) is 11.4 Å². The van der Waals surface area contributed by atoms with Crippen LogP contribution in [0, 0.1) is 0 Å². The van der Waals surface area contributed by atoms with Gasteiger partial charge >= 0.3 is 0 Å². The number of anilines is 2. The molecule has 0 aliphatic carbocycles. The number of piperidine rings is 1. The van der Waals surface area contributed by atoms with Gasteiger partial charge in [0.1, 0.15) is 0 Å². The van der Waals surface area contributed by atoms with Crippen molar-refractivity contribution in [1.29, 1.82) is 0 Å². The second kappa shape index (κ2) is 8.57. The van der Waals surface area contributed by atoms with Gasteiger partial charge in [-0.1, -0.05) is 29.8 Å². The van der Waals surface area contributed by atoms with Gasteiger partial charge in [-0.2, -0.15) is 5.10 Å². The quantitative estimate of drug-likeness (QED) is 0.657. The molecule has 0 radical (unpaired) electrons. The monoisotopic (exact) mass is 410 g/mol. The van der Waals surface area contributed by atoms with Crippen molar-refractivity contribution in [1.82, 2.24) is 9.78 Å². The van der Waals surface area contributed by atoms with Crippen molar-refractivity contribution < 1.29 is 9.53 Å². The highest BCUT2D eigenvalue weighted by molar-refractivity contribution is 6.33. The fourth-order valence-electron chi connectivity index (χ4n) is 3.54. The zero-order chi connectivity index (χ0) is 20.2. The maximum atomic E-state index is 12.8. The molecular formula is C22H23ClN4O2. The number of nitrogens with one attached hydrogen (secondary N) is 1. The van der Waals surface area contributed by atoms with Gasteiger partial charge in [0.15, 0.2) is 11.4 Å². The molecule has 29 heavy (non-hydrogen) atoms. The van der Waals surface area contributed by atoms with E-state index in [1.165, 1.54) is 26.4 Å². The van der Waals surface area contributed by atoms with Gasteiger partial charge < -0.3 is 15.0 Å². The number of methoxy groups -OCH3 is 1. The number of hydrogen-bond donors (Lipinski definition) is 1. The van der Waals surface area contributed by atoms with Crippen molar-refractivity contribution in [2.75, 3.05) is 30.4 Å². The molecule has 0 spiro atoms. The standard InChI is InChI=1S/C22H23ClN4O2/c1-29-20-15-27(17-8-4-2-5-9-17)25-21(20)22(28)24-16-10-11-19(18(23)14-16)26-12-6-3-7-13-26/h2,4-5,8-11,14-15H,3,6-7,12-13H2,1H3,(H,24,28). The van der Waals surface area contributed by atoms with Gasteiger partial charge in [0.2, 0.25) is 0 Å². The highest BCUT2D eigenvalue weighted by atomic mass is 35.5. The van der Waals surface area contributed by atoms with Gasteiger partial charge in [-0.25, -0.2) is 4.68 Å². The van der Waals surface area contributed by atoms with Crippen molar-refractivity contribution in [3.8, 4) is 11.4 Å². The van der Waals surface area contributed by atoms with E-state index in [9.17, 15) is 4.79 Å². The first kappa shape index (κ1) is 19.3. The molecular weight excluding hydrogens is 388 g/mol. The Morgan fingerprint density at radius 1 is 1.10 bits per heavy atom. The Hall–Kier alpha value is -2.99. The Kier molecular flexibility index (Phi) is 5.71. The van der Waals surface area contributed by atoms with E-state index in [0.717, 1.165) is 24.5 Å². The fraction of sp³-hybridized carbons (Fsp3) is 0.273. The lowest BCUT2D eigenvalue weighted by Crippen LogP contribution is -2.29. The number of ether oxygens (including phenoxy) is 1. The van der Waals surface area contributed by atoms with E-state index < -0.39 is 0 Å². The number of amides is 1. The van der Waals surface area contributed by atoms with Crippen LogP contribution in [-0.2, 0) is 0 Å². The molecule has 1 aromatic heterocycles. The van der Waals surface area contributed by atoms with Gasteiger partial charge in [0, 0.05) is 18.8 Å². The average molecular weight is 411 g/mol. The minimum Gasteiger partial charge on any atom is -0.493 e. The molecule has 6 nitrogen and oxygen atoms in total. The van der Waals surface area contributed by atoms with Gasteiger partial charge in [-0.3, -0.25) is 4.79 Å². The first-order valence-corrected chi connectivity index (χ1v) is 10.1. The Bertz CT molecular complexity index is 997. The van der Waals surface area contributed by atoms with E-state index in [2.05, 4.69) is 15.3 Å². The SMILES string of the molecule is COc1cn(-c2ccccc2)nc1C(=O)Nc1ccc(N2CCCCC2)c(Cl)c1. The van der Waals surface area contributed by atoms with Gasteiger partial charge in [0.05, 0.1) is 29.7 Å². The number of halogens is 1. The largest absolute Gasteiger partial charge is 0.493 e. The molecule has 0 atom stereocenters. The van der Waals surface area contributed by atoms with Gasteiger partial charge in [-0.05, 0) is 49.6 Å². The molecule has 1 aliphatic heterocycles. The van der Waals surface area contributed by atoms with E-state index in [1.807, 2.05) is 42.5 Å². The summed E-state index contributed by atoms with van der Waals surface area (Å²) < 4.78 is 6.98. The normalized spacial score (nSPS) is 13.9. The first-order chi connectivity index (χ1) is 14.2. The predicted octanol–water partition coefficient (Wildman–Crippen LogP) is 4.78. The second-order valence-electron chi connectivity index (χ2n) is 6.99. The van der Waals surface area contributed by atoms with Crippen LogP contribution in [0.3, 0.4) is 0 Å². The zero-order valence-corrected chi connectivity index (χ0v) is 17.0. The summed E-state index contributed by atoms with van der Waals surface area (Å²) in [6.45, 7) is 2.03. The van der Waals surface area contributed by atoms with Crippen molar-refractivity contribution >= 4 is 28.9 Å². The molecule has 0 saturated carbocycles. The van der Waals surface area contributed by atoms with E-state index >= 15 is 0 Å². The van der Waals surface area contributed by atoms with E-state index in [4.69, 9.17) is 16.3 Å². The summed E-state index contributed by atoms with van der Waals surface area (Å²) in [6, 6.07) is 15.2.